The van der Waals surface area contributed by atoms with Crippen LogP contribution in [0.4, 0.5) is 0 Å². The number of piperidine rings is 1. The third-order valence-electron chi connectivity index (χ3n) is 4.77. The standard InChI is InChI=1S/C15H15N3O/c1-2-3-18-8-10-4-9-5-11(15(18)19)14(10)13(7-17)12(9)6-16/h2,9-11,14H,1,3-5,8H2/t9-,10+,11+,14+/m1/s1. The van der Waals surface area contributed by atoms with Crippen LogP contribution in [-0.2, 0) is 4.79 Å². The van der Waals surface area contributed by atoms with Gasteiger partial charge >= 0.3 is 0 Å². The summed E-state index contributed by atoms with van der Waals surface area (Å²) in [4.78, 5) is 14.3. The topological polar surface area (TPSA) is 67.9 Å². The molecule has 4 nitrogen and oxygen atoms in total. The molecule has 19 heavy (non-hydrogen) atoms. The maximum atomic E-state index is 12.4. The van der Waals surface area contributed by atoms with Gasteiger partial charge < -0.3 is 4.90 Å². The molecule has 4 rings (SSSR count). The molecule has 96 valence electrons. The zero-order valence-electron chi connectivity index (χ0n) is 10.7. The molecule has 4 heteroatoms. The average Bonchev–Trinajstić information content (AvgIpc) is 2.43. The summed E-state index contributed by atoms with van der Waals surface area (Å²) in [5, 5.41) is 18.5. The van der Waals surface area contributed by atoms with Crippen molar-refractivity contribution >= 4 is 5.91 Å². The maximum absolute atomic E-state index is 12.4. The van der Waals surface area contributed by atoms with Crippen molar-refractivity contribution in [3.63, 3.8) is 0 Å². The van der Waals surface area contributed by atoms with Crippen LogP contribution in [0.2, 0.25) is 0 Å². The Bertz CT molecular complexity index is 563. The van der Waals surface area contributed by atoms with Gasteiger partial charge in [0.05, 0.1) is 12.1 Å². The second-order valence-corrected chi connectivity index (χ2v) is 5.64. The van der Waals surface area contributed by atoms with Crippen LogP contribution in [0.25, 0.3) is 0 Å². The number of allylic oxidation sites excluding steroid dienone is 2. The van der Waals surface area contributed by atoms with Crippen molar-refractivity contribution in [2.24, 2.45) is 23.7 Å². The molecule has 1 amide bonds. The van der Waals surface area contributed by atoms with Gasteiger partial charge in [0.25, 0.3) is 0 Å². The van der Waals surface area contributed by atoms with Gasteiger partial charge in [0.15, 0.2) is 0 Å². The van der Waals surface area contributed by atoms with Crippen LogP contribution in [0.5, 0.6) is 0 Å². The molecular formula is C15H15N3O. The van der Waals surface area contributed by atoms with E-state index in [0.717, 1.165) is 12.8 Å². The fourth-order valence-corrected chi connectivity index (χ4v) is 4.12. The molecule has 1 aliphatic heterocycles. The monoisotopic (exact) mass is 253 g/mol. The van der Waals surface area contributed by atoms with E-state index >= 15 is 0 Å². The van der Waals surface area contributed by atoms with E-state index in [-0.39, 0.29) is 23.7 Å². The number of rotatable bonds is 2. The number of nitrogens with zero attached hydrogens (tertiary/aromatic N) is 3. The zero-order valence-corrected chi connectivity index (χ0v) is 10.7. The summed E-state index contributed by atoms with van der Waals surface area (Å²) in [5.41, 5.74) is 1.23. The van der Waals surface area contributed by atoms with Crippen LogP contribution in [0.15, 0.2) is 23.8 Å². The Labute approximate surface area is 112 Å². The lowest BCUT2D eigenvalue weighted by atomic mass is 9.55. The Morgan fingerprint density at radius 3 is 2.68 bits per heavy atom. The molecule has 0 spiro atoms. The van der Waals surface area contributed by atoms with Crippen LogP contribution < -0.4 is 0 Å². The Morgan fingerprint density at radius 2 is 2.05 bits per heavy atom. The molecule has 4 aliphatic rings. The van der Waals surface area contributed by atoms with Crippen LogP contribution in [0.3, 0.4) is 0 Å². The third kappa shape index (κ3) is 1.53. The molecule has 1 heterocycles. The highest BCUT2D eigenvalue weighted by Crippen LogP contribution is 2.53. The molecule has 0 aromatic rings. The number of carbonyl (C=O) groups excluding carboxylic acids is 1. The number of hydrogen-bond donors (Lipinski definition) is 0. The molecule has 4 atom stereocenters. The summed E-state index contributed by atoms with van der Waals surface area (Å²) < 4.78 is 0. The summed E-state index contributed by atoms with van der Waals surface area (Å²) >= 11 is 0. The molecule has 2 fully saturated rings. The van der Waals surface area contributed by atoms with Crippen molar-refractivity contribution in [2.45, 2.75) is 12.8 Å². The Hall–Kier alpha value is -2.07. The Balaban J connectivity index is 2.00. The fraction of sp³-hybridized carbons (Fsp3) is 0.533. The minimum atomic E-state index is -0.0933. The van der Waals surface area contributed by atoms with E-state index < -0.39 is 0 Å². The quantitative estimate of drug-likeness (QED) is 0.702. The van der Waals surface area contributed by atoms with Crippen LogP contribution in [-0.4, -0.2) is 23.9 Å². The zero-order chi connectivity index (χ0) is 13.6. The maximum Gasteiger partial charge on any atom is 0.226 e. The van der Waals surface area contributed by atoms with E-state index in [9.17, 15) is 15.3 Å². The number of likely N-dealkylation sites (tertiary alicyclic amines) is 1. The lowest BCUT2D eigenvalue weighted by Gasteiger charge is -2.52. The van der Waals surface area contributed by atoms with Crippen molar-refractivity contribution in [3.05, 3.63) is 23.8 Å². The molecule has 0 aromatic heterocycles. The number of nitriles is 2. The van der Waals surface area contributed by atoms with Gasteiger partial charge in [-0.15, -0.1) is 6.58 Å². The van der Waals surface area contributed by atoms with Gasteiger partial charge in [-0.2, -0.15) is 10.5 Å². The first-order chi connectivity index (χ1) is 9.21. The van der Waals surface area contributed by atoms with Crippen LogP contribution in [0.1, 0.15) is 12.8 Å². The van der Waals surface area contributed by atoms with Crippen molar-refractivity contribution in [3.8, 4) is 12.1 Å². The summed E-state index contributed by atoms with van der Waals surface area (Å²) in [6, 6.07) is 4.39. The normalized spacial score (nSPS) is 35.9. The lowest BCUT2D eigenvalue weighted by molar-refractivity contribution is -0.147. The Morgan fingerprint density at radius 1 is 1.32 bits per heavy atom. The van der Waals surface area contributed by atoms with Crippen molar-refractivity contribution in [1.82, 2.24) is 4.90 Å². The summed E-state index contributed by atoms with van der Waals surface area (Å²) in [6.07, 6.45) is 3.43. The number of carbonyl (C=O) groups is 1. The first-order valence-electron chi connectivity index (χ1n) is 6.65. The van der Waals surface area contributed by atoms with Gasteiger partial charge in [0.1, 0.15) is 0 Å². The van der Waals surface area contributed by atoms with Gasteiger partial charge in [0.2, 0.25) is 5.91 Å². The molecule has 4 bridgehead atoms. The van der Waals surface area contributed by atoms with Crippen molar-refractivity contribution < 1.29 is 4.79 Å². The number of amides is 1. The van der Waals surface area contributed by atoms with E-state index in [1.165, 1.54) is 0 Å². The van der Waals surface area contributed by atoms with Crippen LogP contribution >= 0.6 is 0 Å². The molecule has 1 saturated heterocycles. The first kappa shape index (κ1) is 12.0. The molecule has 3 aliphatic carbocycles. The van der Waals surface area contributed by atoms with E-state index in [0.29, 0.717) is 30.2 Å². The van der Waals surface area contributed by atoms with Gasteiger partial charge in [-0.05, 0) is 24.7 Å². The lowest BCUT2D eigenvalue weighted by Crippen LogP contribution is -2.56. The van der Waals surface area contributed by atoms with Crippen molar-refractivity contribution in [2.75, 3.05) is 13.1 Å². The fourth-order valence-electron chi connectivity index (χ4n) is 4.12. The predicted octanol–water partition coefficient (Wildman–Crippen LogP) is 1.63. The van der Waals surface area contributed by atoms with Gasteiger partial charge in [-0.3, -0.25) is 4.79 Å². The molecular weight excluding hydrogens is 238 g/mol. The van der Waals surface area contributed by atoms with E-state index in [4.69, 9.17) is 0 Å². The van der Waals surface area contributed by atoms with Crippen LogP contribution in [0, 0.1) is 46.3 Å². The predicted molar refractivity (Wildman–Crippen MR) is 68.2 cm³/mol. The van der Waals surface area contributed by atoms with Gasteiger partial charge in [-0.25, -0.2) is 0 Å². The minimum Gasteiger partial charge on any atom is -0.338 e. The summed E-state index contributed by atoms with van der Waals surface area (Å²) in [6.45, 7) is 4.97. The Kier molecular flexibility index (Phi) is 2.68. The highest BCUT2D eigenvalue weighted by molar-refractivity contribution is 5.82. The summed E-state index contributed by atoms with van der Waals surface area (Å²) in [7, 11) is 0. The third-order valence-corrected chi connectivity index (χ3v) is 4.77. The number of hydrogen-bond acceptors (Lipinski definition) is 3. The molecule has 0 unspecified atom stereocenters. The molecule has 0 N–H and O–H groups in total. The SMILES string of the molecule is C=CCN1C[C@@H]2C[C@@H]3C[C@H](C1=O)[C@H]2C(C#N)=C3C#N. The van der Waals surface area contributed by atoms with Gasteiger partial charge in [0, 0.05) is 36.1 Å². The van der Waals surface area contributed by atoms with E-state index in [1.54, 1.807) is 6.08 Å². The van der Waals surface area contributed by atoms with E-state index in [1.807, 2.05) is 4.90 Å². The minimum absolute atomic E-state index is 0.0155. The highest BCUT2D eigenvalue weighted by atomic mass is 16.2. The van der Waals surface area contributed by atoms with Crippen molar-refractivity contribution in [1.29, 1.82) is 10.5 Å². The highest BCUT2D eigenvalue weighted by Gasteiger charge is 2.54. The van der Waals surface area contributed by atoms with E-state index in [2.05, 4.69) is 18.7 Å². The molecule has 1 saturated carbocycles. The smallest absolute Gasteiger partial charge is 0.226 e. The average molecular weight is 253 g/mol. The second-order valence-electron chi connectivity index (χ2n) is 5.64. The summed E-state index contributed by atoms with van der Waals surface area (Å²) in [5.74, 6) is 0.487. The second kappa shape index (κ2) is 4.24. The molecule has 0 radical (unpaired) electrons. The van der Waals surface area contributed by atoms with Gasteiger partial charge in [-0.1, -0.05) is 6.08 Å². The largest absolute Gasteiger partial charge is 0.338 e. The molecule has 0 aromatic carbocycles. The first-order valence-corrected chi connectivity index (χ1v) is 6.65.